The molecule has 1 aromatic carbocycles. The Labute approximate surface area is 119 Å². The zero-order valence-electron chi connectivity index (χ0n) is 12.1. The molecule has 1 aliphatic rings. The molecule has 1 aromatic rings. The minimum atomic E-state index is -0.437. The van der Waals surface area contributed by atoms with Gasteiger partial charge < -0.3 is 10.6 Å². The first kappa shape index (κ1) is 14.9. The molecule has 0 aromatic heterocycles. The number of halogens is 1. The summed E-state index contributed by atoms with van der Waals surface area (Å²) in [6, 6.07) is 5.06. The molecule has 1 unspecified atom stereocenters. The van der Waals surface area contributed by atoms with E-state index in [1.165, 1.54) is 6.07 Å². The Morgan fingerprint density at radius 3 is 2.55 bits per heavy atom. The van der Waals surface area contributed by atoms with Crippen molar-refractivity contribution in [1.29, 1.82) is 0 Å². The maximum Gasteiger partial charge on any atom is 0.256 e. The second-order valence-corrected chi connectivity index (χ2v) is 5.40. The third-order valence-electron chi connectivity index (χ3n) is 3.92. The maximum absolute atomic E-state index is 13.8. The lowest BCUT2D eigenvalue weighted by Gasteiger charge is -2.37. The van der Waals surface area contributed by atoms with E-state index in [1.807, 2.05) is 6.92 Å². The van der Waals surface area contributed by atoms with Crippen LogP contribution < -0.4 is 5.73 Å². The largest absolute Gasteiger partial charge is 0.336 e. The van der Waals surface area contributed by atoms with Gasteiger partial charge in [-0.3, -0.25) is 9.69 Å². The van der Waals surface area contributed by atoms with Gasteiger partial charge in [-0.2, -0.15) is 0 Å². The third kappa shape index (κ3) is 3.16. The molecule has 4 nitrogen and oxygen atoms in total. The van der Waals surface area contributed by atoms with E-state index in [-0.39, 0.29) is 11.5 Å². The van der Waals surface area contributed by atoms with E-state index in [0.29, 0.717) is 25.7 Å². The van der Waals surface area contributed by atoms with Gasteiger partial charge in [-0.1, -0.05) is 6.07 Å². The highest BCUT2D eigenvalue weighted by molar-refractivity contribution is 5.94. The van der Waals surface area contributed by atoms with Gasteiger partial charge in [0, 0.05) is 38.8 Å². The summed E-state index contributed by atoms with van der Waals surface area (Å²) in [6.07, 6.45) is 0. The van der Waals surface area contributed by atoms with Gasteiger partial charge in [-0.25, -0.2) is 4.39 Å². The zero-order valence-corrected chi connectivity index (χ0v) is 12.1. The van der Waals surface area contributed by atoms with Crippen LogP contribution in [0.25, 0.3) is 0 Å². The summed E-state index contributed by atoms with van der Waals surface area (Å²) in [6.45, 7) is 7.32. The second kappa shape index (κ2) is 6.33. The predicted molar refractivity (Wildman–Crippen MR) is 77.1 cm³/mol. The monoisotopic (exact) mass is 279 g/mol. The number of piperazine rings is 1. The molecule has 1 aliphatic heterocycles. The van der Waals surface area contributed by atoms with Gasteiger partial charge in [-0.05, 0) is 31.5 Å². The van der Waals surface area contributed by atoms with Gasteiger partial charge >= 0.3 is 0 Å². The molecule has 0 saturated carbocycles. The van der Waals surface area contributed by atoms with Crippen LogP contribution in [-0.2, 0) is 0 Å². The summed E-state index contributed by atoms with van der Waals surface area (Å²) >= 11 is 0. The lowest BCUT2D eigenvalue weighted by atomic mass is 10.1. The molecule has 1 atom stereocenters. The number of benzene rings is 1. The van der Waals surface area contributed by atoms with Crippen molar-refractivity contribution in [3.63, 3.8) is 0 Å². The summed E-state index contributed by atoms with van der Waals surface area (Å²) in [5.74, 6) is -0.657. The smallest absolute Gasteiger partial charge is 0.256 e. The van der Waals surface area contributed by atoms with Crippen LogP contribution in [0.2, 0.25) is 0 Å². The molecule has 1 heterocycles. The Morgan fingerprint density at radius 1 is 1.35 bits per heavy atom. The van der Waals surface area contributed by atoms with Crippen molar-refractivity contribution >= 4 is 5.91 Å². The molecule has 0 spiro atoms. The van der Waals surface area contributed by atoms with E-state index in [1.54, 1.807) is 17.0 Å². The molecule has 0 aliphatic carbocycles. The van der Waals surface area contributed by atoms with Crippen molar-refractivity contribution in [1.82, 2.24) is 9.80 Å². The Bertz CT molecular complexity index is 484. The van der Waals surface area contributed by atoms with Gasteiger partial charge in [-0.15, -0.1) is 0 Å². The summed E-state index contributed by atoms with van der Waals surface area (Å²) in [5.41, 5.74) is 6.63. The van der Waals surface area contributed by atoms with Gasteiger partial charge in [0.25, 0.3) is 5.91 Å². The summed E-state index contributed by atoms with van der Waals surface area (Å²) < 4.78 is 13.8. The first-order valence-corrected chi connectivity index (χ1v) is 7.02. The highest BCUT2D eigenvalue weighted by atomic mass is 19.1. The van der Waals surface area contributed by atoms with Crippen molar-refractivity contribution in [3.05, 3.63) is 35.1 Å². The lowest BCUT2D eigenvalue weighted by molar-refractivity contribution is 0.0584. The van der Waals surface area contributed by atoms with Crippen LogP contribution in [0.1, 0.15) is 22.8 Å². The van der Waals surface area contributed by atoms with E-state index in [9.17, 15) is 9.18 Å². The number of carbonyl (C=O) groups is 1. The number of hydrogen-bond donors (Lipinski definition) is 1. The summed E-state index contributed by atoms with van der Waals surface area (Å²) in [5, 5.41) is 0. The molecule has 110 valence electrons. The maximum atomic E-state index is 13.8. The number of nitrogens with zero attached hydrogens (tertiary/aromatic N) is 2. The molecular weight excluding hydrogens is 257 g/mol. The van der Waals surface area contributed by atoms with E-state index in [4.69, 9.17) is 5.73 Å². The van der Waals surface area contributed by atoms with Gasteiger partial charge in [0.15, 0.2) is 0 Å². The Balaban J connectivity index is 2.01. The van der Waals surface area contributed by atoms with Crippen LogP contribution in [0, 0.1) is 12.7 Å². The number of nitrogens with two attached hydrogens (primary N) is 1. The standard InChI is InChI=1S/C15H22FN3O/c1-11-3-4-13(14(16)9-11)15(20)19-7-5-18(6-8-19)12(2)10-17/h3-4,9,12H,5-8,10,17H2,1-2H3. The zero-order chi connectivity index (χ0) is 14.7. The van der Waals surface area contributed by atoms with Crippen molar-refractivity contribution in [3.8, 4) is 0 Å². The van der Waals surface area contributed by atoms with Crippen LogP contribution >= 0.6 is 0 Å². The average molecular weight is 279 g/mol. The van der Waals surface area contributed by atoms with Gasteiger partial charge in [0.1, 0.15) is 5.82 Å². The van der Waals surface area contributed by atoms with Crippen LogP contribution in [-0.4, -0.2) is 54.5 Å². The summed E-state index contributed by atoms with van der Waals surface area (Å²) in [7, 11) is 0. The normalized spacial score (nSPS) is 18.1. The fourth-order valence-corrected chi connectivity index (χ4v) is 2.48. The molecule has 2 rings (SSSR count). The first-order valence-electron chi connectivity index (χ1n) is 7.02. The Kier molecular flexibility index (Phi) is 4.73. The van der Waals surface area contributed by atoms with Crippen LogP contribution in [0.3, 0.4) is 0 Å². The van der Waals surface area contributed by atoms with E-state index >= 15 is 0 Å². The second-order valence-electron chi connectivity index (χ2n) is 5.40. The summed E-state index contributed by atoms with van der Waals surface area (Å²) in [4.78, 5) is 16.3. The van der Waals surface area contributed by atoms with Crippen molar-refractivity contribution in [2.24, 2.45) is 5.73 Å². The molecule has 1 saturated heterocycles. The fraction of sp³-hybridized carbons (Fsp3) is 0.533. The predicted octanol–water partition coefficient (Wildman–Crippen LogP) is 1.24. The van der Waals surface area contributed by atoms with Crippen LogP contribution in [0.4, 0.5) is 4.39 Å². The van der Waals surface area contributed by atoms with Crippen molar-refractivity contribution in [2.75, 3.05) is 32.7 Å². The fourth-order valence-electron chi connectivity index (χ4n) is 2.48. The molecule has 20 heavy (non-hydrogen) atoms. The molecule has 0 bridgehead atoms. The Morgan fingerprint density at radius 2 is 2.00 bits per heavy atom. The van der Waals surface area contributed by atoms with Crippen molar-refractivity contribution in [2.45, 2.75) is 19.9 Å². The number of hydrogen-bond acceptors (Lipinski definition) is 3. The Hall–Kier alpha value is -1.46. The molecule has 1 fully saturated rings. The molecule has 5 heteroatoms. The molecular formula is C15H22FN3O. The highest BCUT2D eigenvalue weighted by Crippen LogP contribution is 2.14. The van der Waals surface area contributed by atoms with E-state index < -0.39 is 5.82 Å². The number of aryl methyl sites for hydroxylation is 1. The van der Waals surface area contributed by atoms with E-state index in [0.717, 1.165) is 18.7 Å². The van der Waals surface area contributed by atoms with Gasteiger partial charge in [0.05, 0.1) is 5.56 Å². The SMILES string of the molecule is Cc1ccc(C(=O)N2CCN(C(C)CN)CC2)c(F)c1. The number of carbonyl (C=O) groups excluding carboxylic acids is 1. The van der Waals surface area contributed by atoms with Gasteiger partial charge in [0.2, 0.25) is 0 Å². The molecule has 1 amide bonds. The molecule has 2 N–H and O–H groups in total. The number of amides is 1. The van der Waals surface area contributed by atoms with Crippen molar-refractivity contribution < 1.29 is 9.18 Å². The van der Waals surface area contributed by atoms with Crippen LogP contribution in [0.15, 0.2) is 18.2 Å². The number of rotatable bonds is 3. The van der Waals surface area contributed by atoms with Crippen LogP contribution in [0.5, 0.6) is 0 Å². The third-order valence-corrected chi connectivity index (χ3v) is 3.92. The average Bonchev–Trinajstić information content (AvgIpc) is 2.46. The topological polar surface area (TPSA) is 49.6 Å². The highest BCUT2D eigenvalue weighted by Gasteiger charge is 2.25. The minimum Gasteiger partial charge on any atom is -0.336 e. The first-order chi connectivity index (χ1) is 9.52. The quantitative estimate of drug-likeness (QED) is 0.905. The minimum absolute atomic E-state index is 0.163. The lowest BCUT2D eigenvalue weighted by Crippen LogP contribution is -2.52. The van der Waals surface area contributed by atoms with E-state index in [2.05, 4.69) is 11.8 Å². The molecule has 0 radical (unpaired) electrons.